The zero-order valence-corrected chi connectivity index (χ0v) is 11.6. The number of carbonyl (C=O) groups is 1. The molecule has 1 aromatic carbocycles. The number of hydrogen-bond acceptors (Lipinski definition) is 2. The first-order valence-corrected chi connectivity index (χ1v) is 6.84. The zero-order valence-electron chi connectivity index (χ0n) is 11.6. The molecule has 0 aliphatic carbocycles. The van der Waals surface area contributed by atoms with Gasteiger partial charge in [0.25, 0.3) is 0 Å². The van der Waals surface area contributed by atoms with Crippen LogP contribution < -0.4 is 4.90 Å². The van der Waals surface area contributed by atoms with Crippen LogP contribution in [-0.2, 0) is 16.0 Å². The number of benzene rings is 1. The van der Waals surface area contributed by atoms with Crippen LogP contribution >= 0.6 is 0 Å². The summed E-state index contributed by atoms with van der Waals surface area (Å²) in [5.74, 6) is 1.02. The Labute approximate surface area is 113 Å². The predicted molar refractivity (Wildman–Crippen MR) is 74.9 cm³/mol. The Morgan fingerprint density at radius 3 is 2.79 bits per heavy atom. The van der Waals surface area contributed by atoms with Gasteiger partial charge in [0.1, 0.15) is 11.5 Å². The summed E-state index contributed by atoms with van der Waals surface area (Å²) in [5.41, 5.74) is 1.75. The number of allylic oxidation sites excluding steroid dienone is 1. The highest BCUT2D eigenvalue weighted by molar-refractivity contribution is 6.02. The largest absolute Gasteiger partial charge is 0.494 e. The van der Waals surface area contributed by atoms with Crippen molar-refractivity contribution in [1.29, 1.82) is 0 Å². The van der Waals surface area contributed by atoms with E-state index in [2.05, 4.69) is 6.07 Å². The van der Waals surface area contributed by atoms with Crippen LogP contribution in [0, 0.1) is 5.41 Å². The number of rotatable bonds is 1. The van der Waals surface area contributed by atoms with Gasteiger partial charge in [-0.1, -0.05) is 18.2 Å². The number of amides is 1. The Balaban J connectivity index is 2.15. The van der Waals surface area contributed by atoms with Gasteiger partial charge in [0, 0.05) is 12.2 Å². The first kappa shape index (κ1) is 12.3. The van der Waals surface area contributed by atoms with E-state index in [0.717, 1.165) is 17.9 Å². The summed E-state index contributed by atoms with van der Waals surface area (Å²) in [6.45, 7) is 6.63. The Hall–Kier alpha value is -1.77. The van der Waals surface area contributed by atoms with Gasteiger partial charge in [-0.05, 0) is 44.9 Å². The second kappa shape index (κ2) is 4.12. The Kier molecular flexibility index (Phi) is 2.66. The number of anilines is 1. The molecule has 2 aliphatic heterocycles. The van der Waals surface area contributed by atoms with E-state index < -0.39 is 5.41 Å². The SMILES string of the molecule is CCN1C(=O)C2(C=C(C)OC2C)Cc2ccccc21. The fraction of sp³-hybridized carbons (Fsp3) is 0.438. The molecule has 1 amide bonds. The molecule has 0 saturated carbocycles. The quantitative estimate of drug-likeness (QED) is 0.774. The van der Waals surface area contributed by atoms with Crippen molar-refractivity contribution in [3.63, 3.8) is 0 Å². The van der Waals surface area contributed by atoms with Crippen molar-refractivity contribution in [1.82, 2.24) is 0 Å². The van der Waals surface area contributed by atoms with E-state index in [0.29, 0.717) is 6.54 Å². The molecule has 2 unspecified atom stereocenters. The second-order valence-electron chi connectivity index (χ2n) is 5.41. The van der Waals surface area contributed by atoms with Crippen LogP contribution in [0.3, 0.4) is 0 Å². The van der Waals surface area contributed by atoms with Crippen LogP contribution in [0.1, 0.15) is 26.3 Å². The monoisotopic (exact) mass is 257 g/mol. The molecule has 0 radical (unpaired) electrons. The number of carbonyl (C=O) groups excluding carboxylic acids is 1. The molecular weight excluding hydrogens is 238 g/mol. The van der Waals surface area contributed by atoms with E-state index in [1.54, 1.807) is 0 Å². The van der Waals surface area contributed by atoms with Crippen molar-refractivity contribution in [2.75, 3.05) is 11.4 Å². The molecule has 3 nitrogen and oxygen atoms in total. The summed E-state index contributed by atoms with van der Waals surface area (Å²) in [4.78, 5) is 14.8. The molecule has 0 saturated heterocycles. The van der Waals surface area contributed by atoms with E-state index in [1.807, 2.05) is 49.9 Å². The molecule has 19 heavy (non-hydrogen) atoms. The third kappa shape index (κ3) is 1.61. The van der Waals surface area contributed by atoms with Crippen molar-refractivity contribution in [2.45, 2.75) is 33.3 Å². The molecule has 100 valence electrons. The van der Waals surface area contributed by atoms with Gasteiger partial charge in [-0.3, -0.25) is 4.79 Å². The minimum absolute atomic E-state index is 0.0950. The summed E-state index contributed by atoms with van der Waals surface area (Å²) in [6, 6.07) is 8.16. The molecule has 2 aliphatic rings. The Morgan fingerprint density at radius 1 is 1.42 bits per heavy atom. The maximum Gasteiger partial charge on any atom is 0.241 e. The van der Waals surface area contributed by atoms with Gasteiger partial charge in [-0.2, -0.15) is 0 Å². The van der Waals surface area contributed by atoms with Gasteiger partial charge in [0.15, 0.2) is 0 Å². The van der Waals surface area contributed by atoms with E-state index in [-0.39, 0.29) is 12.0 Å². The summed E-state index contributed by atoms with van der Waals surface area (Å²) >= 11 is 0. The van der Waals surface area contributed by atoms with Gasteiger partial charge < -0.3 is 9.64 Å². The molecule has 0 N–H and O–H groups in total. The maximum absolute atomic E-state index is 12.9. The minimum Gasteiger partial charge on any atom is -0.494 e. The van der Waals surface area contributed by atoms with E-state index in [4.69, 9.17) is 4.74 Å². The highest BCUT2D eigenvalue weighted by Crippen LogP contribution is 2.45. The standard InChI is InChI=1S/C16H19NO2/c1-4-17-14-8-6-5-7-13(14)10-16(15(17)18)9-11(2)19-12(16)3/h5-9,12H,4,10H2,1-3H3. The van der Waals surface area contributed by atoms with E-state index >= 15 is 0 Å². The van der Waals surface area contributed by atoms with Gasteiger partial charge in [-0.25, -0.2) is 0 Å². The average Bonchev–Trinajstić information content (AvgIpc) is 2.67. The lowest BCUT2D eigenvalue weighted by Crippen LogP contribution is -2.52. The van der Waals surface area contributed by atoms with Crippen molar-refractivity contribution in [3.05, 3.63) is 41.7 Å². The van der Waals surface area contributed by atoms with Crippen molar-refractivity contribution in [2.24, 2.45) is 5.41 Å². The van der Waals surface area contributed by atoms with Crippen molar-refractivity contribution in [3.8, 4) is 0 Å². The Bertz CT molecular complexity index is 564. The van der Waals surface area contributed by atoms with Crippen molar-refractivity contribution >= 4 is 11.6 Å². The highest BCUT2D eigenvalue weighted by atomic mass is 16.5. The lowest BCUT2D eigenvalue weighted by Gasteiger charge is -2.40. The molecule has 0 aromatic heterocycles. The van der Waals surface area contributed by atoms with Gasteiger partial charge in [-0.15, -0.1) is 0 Å². The molecule has 3 rings (SSSR count). The van der Waals surface area contributed by atoms with Gasteiger partial charge in [0.05, 0.1) is 5.76 Å². The van der Waals surface area contributed by atoms with Crippen molar-refractivity contribution < 1.29 is 9.53 Å². The molecule has 1 aromatic rings. The molecule has 0 bridgehead atoms. The molecular formula is C16H19NO2. The van der Waals surface area contributed by atoms with E-state index in [1.165, 1.54) is 5.56 Å². The lowest BCUT2D eigenvalue weighted by atomic mass is 9.73. The molecule has 3 heteroatoms. The van der Waals surface area contributed by atoms with Crippen LogP contribution in [0.4, 0.5) is 5.69 Å². The molecule has 0 fully saturated rings. The molecule has 2 atom stereocenters. The average molecular weight is 257 g/mol. The minimum atomic E-state index is -0.519. The number of para-hydroxylation sites is 1. The van der Waals surface area contributed by atoms with E-state index in [9.17, 15) is 4.79 Å². The zero-order chi connectivity index (χ0) is 13.6. The second-order valence-corrected chi connectivity index (χ2v) is 5.41. The summed E-state index contributed by atoms with van der Waals surface area (Å²) in [7, 11) is 0. The summed E-state index contributed by atoms with van der Waals surface area (Å²) in [6.07, 6.45) is 2.65. The predicted octanol–water partition coefficient (Wildman–Crippen LogP) is 2.90. The normalized spacial score (nSPS) is 29.2. The van der Waals surface area contributed by atoms with Gasteiger partial charge >= 0.3 is 0 Å². The van der Waals surface area contributed by atoms with Crippen LogP contribution in [0.2, 0.25) is 0 Å². The van der Waals surface area contributed by atoms with Crippen LogP contribution in [0.5, 0.6) is 0 Å². The number of ether oxygens (including phenoxy) is 1. The first-order valence-electron chi connectivity index (χ1n) is 6.84. The third-order valence-corrected chi connectivity index (χ3v) is 4.27. The molecule has 1 spiro atoms. The summed E-state index contributed by atoms with van der Waals surface area (Å²) in [5, 5.41) is 0. The number of hydrogen-bond donors (Lipinski definition) is 0. The Morgan fingerprint density at radius 2 is 2.16 bits per heavy atom. The fourth-order valence-corrected chi connectivity index (χ4v) is 3.32. The fourth-order valence-electron chi connectivity index (χ4n) is 3.32. The summed E-state index contributed by atoms with van der Waals surface area (Å²) < 4.78 is 5.75. The first-order chi connectivity index (χ1) is 9.08. The number of nitrogens with zero attached hydrogens (tertiary/aromatic N) is 1. The lowest BCUT2D eigenvalue weighted by molar-refractivity contribution is -0.130. The van der Waals surface area contributed by atoms with Gasteiger partial charge in [0.2, 0.25) is 5.91 Å². The maximum atomic E-state index is 12.9. The smallest absolute Gasteiger partial charge is 0.241 e. The number of fused-ring (bicyclic) bond motifs is 1. The third-order valence-electron chi connectivity index (χ3n) is 4.27. The molecule has 2 heterocycles. The van der Waals surface area contributed by atoms with Crippen LogP contribution in [0.25, 0.3) is 0 Å². The van der Waals surface area contributed by atoms with Crippen LogP contribution in [-0.4, -0.2) is 18.6 Å². The van der Waals surface area contributed by atoms with Crippen LogP contribution in [0.15, 0.2) is 36.1 Å². The topological polar surface area (TPSA) is 29.5 Å². The highest BCUT2D eigenvalue weighted by Gasteiger charge is 2.52.